The summed E-state index contributed by atoms with van der Waals surface area (Å²) in [5, 5.41) is 16.6. The molecule has 0 aromatic carbocycles. The van der Waals surface area contributed by atoms with Gasteiger partial charge in [0.25, 0.3) is 0 Å². The predicted octanol–water partition coefficient (Wildman–Crippen LogP) is 0.573. The first-order valence-electron chi connectivity index (χ1n) is 2.76. The lowest BCUT2D eigenvalue weighted by Crippen LogP contribution is -2.10. The highest BCUT2D eigenvalue weighted by Gasteiger charge is 2.30. The van der Waals surface area contributed by atoms with Crippen molar-refractivity contribution in [3.63, 3.8) is 0 Å². The van der Waals surface area contributed by atoms with E-state index in [2.05, 4.69) is 4.67 Å². The molecule has 2 N–H and O–H groups in total. The first-order valence-corrected chi connectivity index (χ1v) is 4.00. The first-order chi connectivity index (χ1) is 4.72. The lowest BCUT2D eigenvalue weighted by Gasteiger charge is -1.96. The minimum atomic E-state index is -2.42. The molecule has 2 unspecified atom stereocenters. The van der Waals surface area contributed by atoms with Crippen LogP contribution in [0.2, 0.25) is 0 Å². The lowest BCUT2D eigenvalue weighted by molar-refractivity contribution is -0.135. The summed E-state index contributed by atoms with van der Waals surface area (Å²) in [6, 6.07) is 0. The molecule has 0 aromatic rings. The zero-order chi connectivity index (χ0) is 7.98. The van der Waals surface area contributed by atoms with Crippen LogP contribution in [0.5, 0.6) is 0 Å². The molecule has 0 heterocycles. The van der Waals surface area contributed by atoms with Crippen LogP contribution >= 0.6 is 8.03 Å². The second kappa shape index (κ2) is 5.70. The van der Waals surface area contributed by atoms with Crippen LogP contribution in [0.3, 0.4) is 0 Å². The molecule has 2 atom stereocenters. The fourth-order valence-electron chi connectivity index (χ4n) is 0.339. The Labute approximate surface area is 59.4 Å². The summed E-state index contributed by atoms with van der Waals surface area (Å²) in [6.07, 6.45) is 0. The molecule has 6 heteroatoms. The molecule has 0 saturated heterocycles. The van der Waals surface area contributed by atoms with E-state index in [0.717, 1.165) is 0 Å². The molecule has 0 amide bonds. The topological polar surface area (TPSA) is 76.0 Å². The molecule has 0 rings (SSSR count). The predicted molar refractivity (Wildman–Crippen MR) is 33.8 cm³/mol. The molecule has 0 radical (unpaired) electrons. The highest BCUT2D eigenvalue weighted by Crippen LogP contribution is 2.25. The van der Waals surface area contributed by atoms with E-state index in [-0.39, 0.29) is 6.61 Å². The van der Waals surface area contributed by atoms with Gasteiger partial charge in [0.15, 0.2) is 0 Å². The van der Waals surface area contributed by atoms with Gasteiger partial charge in [0.1, 0.15) is 6.61 Å². The van der Waals surface area contributed by atoms with E-state index in [1.807, 2.05) is 0 Å². The zero-order valence-corrected chi connectivity index (χ0v) is 6.45. The average Bonchev–Trinajstić information content (AvgIpc) is 1.98. The third-order valence-corrected chi connectivity index (χ3v) is 1.59. The monoisotopic (exact) mass is 169 g/mol. The van der Waals surface area contributed by atoms with Crippen molar-refractivity contribution < 1.29 is 24.3 Å². The van der Waals surface area contributed by atoms with Crippen LogP contribution in [0.4, 0.5) is 0 Å². The smallest absolute Gasteiger partial charge is 0.374 e. The van der Waals surface area contributed by atoms with Crippen LogP contribution in [0.15, 0.2) is 0 Å². The summed E-state index contributed by atoms with van der Waals surface area (Å²) in [5.41, 5.74) is 0. The third kappa shape index (κ3) is 3.87. The summed E-state index contributed by atoms with van der Waals surface area (Å²) in [7, 11) is -2.42. The molecule has 0 aliphatic carbocycles. The minimum absolute atomic E-state index is 0.0910. The van der Waals surface area contributed by atoms with Gasteiger partial charge in [-0.25, -0.2) is 5.26 Å². The second-order valence-corrected chi connectivity index (χ2v) is 2.84. The van der Waals surface area contributed by atoms with Crippen molar-refractivity contribution in [3.8, 4) is 0 Å². The van der Waals surface area contributed by atoms with Gasteiger partial charge in [-0.2, -0.15) is 0 Å². The van der Waals surface area contributed by atoms with E-state index in [0.29, 0.717) is 6.61 Å². The van der Waals surface area contributed by atoms with Gasteiger partial charge < -0.3 is 9.84 Å². The van der Waals surface area contributed by atoms with Gasteiger partial charge in [-0.05, 0) is 11.5 Å². The fraction of sp³-hybridized carbons (Fsp3) is 1.00. The van der Waals surface area contributed by atoms with Crippen LogP contribution < -0.4 is 0 Å². The summed E-state index contributed by atoms with van der Waals surface area (Å²) in [4.78, 5) is 0. The number of aliphatic hydroxyl groups excluding tert-OH is 1. The van der Waals surface area contributed by atoms with Crippen molar-refractivity contribution in [3.05, 3.63) is 0 Å². The second-order valence-electron chi connectivity index (χ2n) is 1.51. The maximum absolute atomic E-state index is 10.4. The number of hydrogen-bond donors (Lipinski definition) is 2. The summed E-state index contributed by atoms with van der Waals surface area (Å²) >= 11 is 0. The minimum Gasteiger partial charge on any atom is -0.374 e. The van der Waals surface area contributed by atoms with Gasteiger partial charge >= 0.3 is 13.9 Å². The Morgan fingerprint density at radius 1 is 1.70 bits per heavy atom. The molecule has 10 heavy (non-hydrogen) atoms. The first kappa shape index (κ1) is 9.94. The fourth-order valence-corrected chi connectivity index (χ4v) is 0.674. The van der Waals surface area contributed by atoms with Crippen molar-refractivity contribution in [2.75, 3.05) is 13.2 Å². The Morgan fingerprint density at radius 3 is 2.70 bits per heavy atom. The molecule has 60 valence electrons. The van der Waals surface area contributed by atoms with E-state index in [4.69, 9.17) is 15.1 Å². The molecule has 0 aromatic heterocycles. The molecule has 0 fully saturated rings. The molecule has 0 aliphatic heterocycles. The molecule has 0 spiro atoms. The Bertz CT molecular complexity index is 106. The van der Waals surface area contributed by atoms with E-state index in [1.54, 1.807) is 6.92 Å². The van der Waals surface area contributed by atoms with Crippen LogP contribution in [0, 0.1) is 0 Å². The highest BCUT2D eigenvalue weighted by molar-refractivity contribution is 7.39. The lowest BCUT2D eigenvalue weighted by atomic mass is 10.7. The Kier molecular flexibility index (Phi) is 5.67. The van der Waals surface area contributed by atoms with Gasteiger partial charge in [-0.15, -0.1) is 0 Å². The third-order valence-electron chi connectivity index (χ3n) is 0.795. The van der Waals surface area contributed by atoms with Crippen LogP contribution in [0.1, 0.15) is 6.92 Å². The average molecular weight is 169 g/mol. The van der Waals surface area contributed by atoms with Gasteiger partial charge in [0.05, 0.1) is 0 Å². The van der Waals surface area contributed by atoms with Crippen LogP contribution in [-0.4, -0.2) is 29.4 Å². The van der Waals surface area contributed by atoms with E-state index >= 15 is 0 Å². The van der Waals surface area contributed by atoms with Gasteiger partial charge in [-0.3, -0.25) is 0 Å². The van der Waals surface area contributed by atoms with Gasteiger partial charge in [0, 0.05) is 11.3 Å². The standard InChI is InChI=1S/C4H9O5P/c1-2-8-3-4(5)10(7)9-6/h4-5H,2-3H2,1H3/p+1. The maximum Gasteiger partial charge on any atom is 0.573 e. The SMILES string of the molecule is CCOCC(O)[P+](=O)OO. The van der Waals surface area contributed by atoms with Crippen LogP contribution in [-0.2, 0) is 14.0 Å². The van der Waals surface area contributed by atoms with Crippen molar-refractivity contribution in [2.24, 2.45) is 0 Å². The maximum atomic E-state index is 10.4. The molecular formula is C4H10O5P+. The van der Waals surface area contributed by atoms with Crippen molar-refractivity contribution in [1.82, 2.24) is 0 Å². The quantitative estimate of drug-likeness (QED) is 0.357. The molecule has 0 saturated carbocycles. The van der Waals surface area contributed by atoms with Crippen molar-refractivity contribution >= 4 is 8.03 Å². The van der Waals surface area contributed by atoms with Crippen molar-refractivity contribution in [2.45, 2.75) is 12.8 Å². The largest absolute Gasteiger partial charge is 0.573 e. The summed E-state index contributed by atoms with van der Waals surface area (Å²) in [5.74, 6) is -1.25. The van der Waals surface area contributed by atoms with Crippen LogP contribution in [0.25, 0.3) is 0 Å². The van der Waals surface area contributed by atoms with Gasteiger partial charge in [-0.1, -0.05) is 0 Å². The molecule has 0 bridgehead atoms. The molecular weight excluding hydrogens is 159 g/mol. The number of ether oxygens (including phenoxy) is 1. The zero-order valence-electron chi connectivity index (χ0n) is 5.56. The number of aliphatic hydroxyl groups is 1. The van der Waals surface area contributed by atoms with Crippen molar-refractivity contribution in [1.29, 1.82) is 0 Å². The molecule has 5 nitrogen and oxygen atoms in total. The Balaban J connectivity index is 3.41. The Morgan fingerprint density at radius 2 is 2.30 bits per heavy atom. The van der Waals surface area contributed by atoms with E-state index in [1.165, 1.54) is 0 Å². The number of rotatable bonds is 5. The normalized spacial score (nSPS) is 14.9. The number of hydrogen-bond acceptors (Lipinski definition) is 5. The van der Waals surface area contributed by atoms with E-state index < -0.39 is 13.9 Å². The molecule has 0 aliphatic rings. The van der Waals surface area contributed by atoms with E-state index in [9.17, 15) is 4.57 Å². The Hall–Kier alpha value is -0.0600. The summed E-state index contributed by atoms with van der Waals surface area (Å²) in [6.45, 7) is 2.07. The highest BCUT2D eigenvalue weighted by atomic mass is 31.1. The summed E-state index contributed by atoms with van der Waals surface area (Å²) < 4.78 is 18.4. The van der Waals surface area contributed by atoms with Gasteiger partial charge in [0.2, 0.25) is 0 Å².